The summed E-state index contributed by atoms with van der Waals surface area (Å²) in [5.74, 6) is -0.0310. The lowest BCUT2D eigenvalue weighted by Crippen LogP contribution is -2.07. The first kappa shape index (κ1) is 13.8. The summed E-state index contributed by atoms with van der Waals surface area (Å²) in [6, 6.07) is 17.8. The summed E-state index contributed by atoms with van der Waals surface area (Å²) in [6.45, 7) is 0. The van der Waals surface area contributed by atoms with E-state index in [0.29, 0.717) is 17.0 Å². The van der Waals surface area contributed by atoms with Crippen molar-refractivity contribution in [1.82, 2.24) is 9.97 Å². The van der Waals surface area contributed by atoms with Crippen molar-refractivity contribution < 1.29 is 9.90 Å². The Balaban J connectivity index is 2.16. The van der Waals surface area contributed by atoms with Crippen LogP contribution in [0.2, 0.25) is 0 Å². The second-order valence-corrected chi connectivity index (χ2v) is 4.72. The molecule has 2 aromatic carbocycles. The maximum Gasteiger partial charge on any atom is 0.200 e. The van der Waals surface area contributed by atoms with Crippen LogP contribution in [0.3, 0.4) is 0 Å². The molecule has 4 heteroatoms. The van der Waals surface area contributed by atoms with Gasteiger partial charge in [0.25, 0.3) is 0 Å². The average molecular weight is 290 g/mol. The minimum atomic E-state index is -0.281. The molecule has 0 radical (unpaired) electrons. The number of aliphatic hydroxyl groups is 1. The van der Waals surface area contributed by atoms with Gasteiger partial charge in [0.05, 0.1) is 0 Å². The van der Waals surface area contributed by atoms with E-state index in [9.17, 15) is 9.90 Å². The molecular formula is C18H14N2O2. The van der Waals surface area contributed by atoms with Gasteiger partial charge in [-0.3, -0.25) is 4.79 Å². The molecule has 0 bridgehead atoms. The predicted octanol–water partition coefficient (Wildman–Crippen LogP) is 3.72. The van der Waals surface area contributed by atoms with Crippen LogP contribution in [0.15, 0.2) is 73.1 Å². The Morgan fingerprint density at radius 1 is 0.909 bits per heavy atom. The van der Waals surface area contributed by atoms with Crippen LogP contribution in [-0.4, -0.2) is 20.9 Å². The molecule has 0 spiro atoms. The number of benzene rings is 2. The van der Waals surface area contributed by atoms with Crippen LogP contribution in [0.4, 0.5) is 0 Å². The molecule has 0 fully saturated rings. The van der Waals surface area contributed by atoms with Gasteiger partial charge in [-0.2, -0.15) is 0 Å². The molecule has 2 N–H and O–H groups in total. The summed E-state index contributed by atoms with van der Waals surface area (Å²) in [6.07, 6.45) is 3.16. The first-order chi connectivity index (χ1) is 10.8. The molecule has 0 amide bonds. The third-order valence-electron chi connectivity index (χ3n) is 3.28. The lowest BCUT2D eigenvalue weighted by Gasteiger charge is -2.08. The van der Waals surface area contributed by atoms with Gasteiger partial charge in [0.15, 0.2) is 0 Å². The second kappa shape index (κ2) is 6.10. The predicted molar refractivity (Wildman–Crippen MR) is 85.2 cm³/mol. The van der Waals surface area contributed by atoms with Gasteiger partial charge in [-0.05, 0) is 0 Å². The minimum absolute atomic E-state index is 0.0931. The van der Waals surface area contributed by atoms with Gasteiger partial charge in [-0.25, -0.2) is 4.98 Å². The molecule has 108 valence electrons. The number of aromatic nitrogens is 2. The van der Waals surface area contributed by atoms with E-state index in [1.807, 2.05) is 12.1 Å². The number of Topliss-reactive ketones (excluding diaryl/α,β-unsaturated/α-hetero) is 1. The highest BCUT2D eigenvalue weighted by Gasteiger charge is 2.22. The lowest BCUT2D eigenvalue weighted by molar-refractivity contribution is 0.105. The first-order valence-corrected chi connectivity index (χ1v) is 6.85. The molecule has 22 heavy (non-hydrogen) atoms. The van der Waals surface area contributed by atoms with E-state index in [1.165, 1.54) is 0 Å². The molecule has 0 aliphatic rings. The quantitative estimate of drug-likeness (QED) is 0.437. The Kier molecular flexibility index (Phi) is 3.83. The molecule has 1 heterocycles. The number of rotatable bonds is 4. The van der Waals surface area contributed by atoms with E-state index in [0.717, 1.165) is 0 Å². The largest absolute Gasteiger partial charge is 0.506 e. The second-order valence-electron chi connectivity index (χ2n) is 4.72. The molecule has 0 saturated heterocycles. The zero-order valence-electron chi connectivity index (χ0n) is 11.7. The Labute approximate surface area is 127 Å². The molecule has 1 aromatic heterocycles. The molecule has 0 unspecified atom stereocenters. The van der Waals surface area contributed by atoms with Gasteiger partial charge in [-0.15, -0.1) is 0 Å². The van der Waals surface area contributed by atoms with Gasteiger partial charge in [-0.1, -0.05) is 60.7 Å². The number of hydrogen-bond donors (Lipinski definition) is 2. The van der Waals surface area contributed by atoms with E-state index < -0.39 is 0 Å². The fourth-order valence-corrected chi connectivity index (χ4v) is 2.20. The number of nitrogens with zero attached hydrogens (tertiary/aromatic N) is 1. The molecule has 3 aromatic rings. The van der Waals surface area contributed by atoms with Gasteiger partial charge >= 0.3 is 0 Å². The number of nitrogens with one attached hydrogen (secondary N) is 1. The maximum absolute atomic E-state index is 12.8. The average Bonchev–Trinajstić information content (AvgIpc) is 3.10. The molecular weight excluding hydrogens is 276 g/mol. The maximum atomic E-state index is 12.8. The van der Waals surface area contributed by atoms with Crippen LogP contribution < -0.4 is 0 Å². The van der Waals surface area contributed by atoms with Crippen molar-refractivity contribution in [3.63, 3.8) is 0 Å². The highest BCUT2D eigenvalue weighted by atomic mass is 16.3. The number of ketones is 1. The summed E-state index contributed by atoms with van der Waals surface area (Å²) in [5.41, 5.74) is 1.22. The van der Waals surface area contributed by atoms with Crippen LogP contribution in [0.1, 0.15) is 21.7 Å². The molecule has 0 atom stereocenters. The standard InChI is InChI=1S/C18H14N2O2/c21-16(13-7-3-1-4-8-13)15(18-19-11-12-20-18)17(22)14-9-5-2-6-10-14/h1-12,21H,(H,19,20)/b16-15+. The fourth-order valence-electron chi connectivity index (χ4n) is 2.20. The van der Waals surface area contributed by atoms with Crippen molar-refractivity contribution in [2.45, 2.75) is 0 Å². The Hall–Kier alpha value is -3.14. The summed E-state index contributed by atoms with van der Waals surface area (Å²) >= 11 is 0. The monoisotopic (exact) mass is 290 g/mol. The van der Waals surface area contributed by atoms with E-state index in [2.05, 4.69) is 9.97 Å². The number of carbonyl (C=O) groups excluding carboxylic acids is 1. The van der Waals surface area contributed by atoms with Gasteiger partial charge in [0.1, 0.15) is 17.2 Å². The van der Waals surface area contributed by atoms with Crippen LogP contribution in [-0.2, 0) is 0 Å². The number of aliphatic hydroxyl groups excluding tert-OH is 1. The summed E-state index contributed by atoms with van der Waals surface area (Å²) in [5, 5.41) is 10.6. The van der Waals surface area contributed by atoms with E-state index in [-0.39, 0.29) is 17.1 Å². The van der Waals surface area contributed by atoms with Crippen molar-refractivity contribution in [2.75, 3.05) is 0 Å². The Bertz CT molecular complexity index is 792. The fraction of sp³-hybridized carbons (Fsp3) is 0. The molecule has 0 saturated carbocycles. The third-order valence-corrected chi connectivity index (χ3v) is 3.28. The lowest BCUT2D eigenvalue weighted by atomic mass is 9.99. The van der Waals surface area contributed by atoms with Crippen LogP contribution >= 0.6 is 0 Å². The van der Waals surface area contributed by atoms with Crippen molar-refractivity contribution in [3.05, 3.63) is 90.0 Å². The van der Waals surface area contributed by atoms with Crippen LogP contribution in [0, 0.1) is 0 Å². The third kappa shape index (κ3) is 2.67. The summed E-state index contributed by atoms with van der Waals surface area (Å²) in [7, 11) is 0. The van der Waals surface area contributed by atoms with E-state index >= 15 is 0 Å². The van der Waals surface area contributed by atoms with Crippen LogP contribution in [0.5, 0.6) is 0 Å². The topological polar surface area (TPSA) is 66.0 Å². The van der Waals surface area contributed by atoms with Gasteiger partial charge < -0.3 is 10.1 Å². The van der Waals surface area contributed by atoms with Crippen molar-refractivity contribution in [2.24, 2.45) is 0 Å². The van der Waals surface area contributed by atoms with Gasteiger partial charge in [0, 0.05) is 23.5 Å². The van der Waals surface area contributed by atoms with Crippen molar-refractivity contribution in [1.29, 1.82) is 0 Å². The molecule has 0 aliphatic heterocycles. The Morgan fingerprint density at radius 3 is 2.05 bits per heavy atom. The number of imidazole rings is 1. The number of aromatic amines is 1. The highest BCUT2D eigenvalue weighted by molar-refractivity contribution is 6.32. The van der Waals surface area contributed by atoms with E-state index in [1.54, 1.807) is 60.9 Å². The zero-order chi connectivity index (χ0) is 15.4. The van der Waals surface area contributed by atoms with E-state index in [4.69, 9.17) is 0 Å². The summed E-state index contributed by atoms with van der Waals surface area (Å²) in [4.78, 5) is 19.8. The first-order valence-electron chi connectivity index (χ1n) is 6.85. The van der Waals surface area contributed by atoms with Gasteiger partial charge in [0.2, 0.25) is 5.78 Å². The number of allylic oxidation sites excluding steroid dienone is 1. The van der Waals surface area contributed by atoms with Crippen molar-refractivity contribution >= 4 is 17.1 Å². The normalized spacial score (nSPS) is 11.8. The molecule has 4 nitrogen and oxygen atoms in total. The minimum Gasteiger partial charge on any atom is -0.506 e. The Morgan fingerprint density at radius 2 is 1.50 bits per heavy atom. The SMILES string of the molecule is O=C(/C(=C(\O)c1ccccc1)c1ncc[nH]1)c1ccccc1. The smallest absolute Gasteiger partial charge is 0.200 e. The molecule has 3 rings (SSSR count). The van der Waals surface area contributed by atoms with Crippen molar-refractivity contribution in [3.8, 4) is 0 Å². The number of carbonyl (C=O) groups is 1. The summed E-state index contributed by atoms with van der Waals surface area (Å²) < 4.78 is 0. The highest BCUT2D eigenvalue weighted by Crippen LogP contribution is 2.25. The molecule has 0 aliphatic carbocycles. The zero-order valence-corrected chi connectivity index (χ0v) is 11.7. The number of hydrogen-bond acceptors (Lipinski definition) is 3. The number of H-pyrrole nitrogens is 1. The van der Waals surface area contributed by atoms with Crippen LogP contribution in [0.25, 0.3) is 11.3 Å².